The molecule has 0 aliphatic rings. The summed E-state index contributed by atoms with van der Waals surface area (Å²) in [7, 11) is 4.27. The molecule has 2 rings (SSSR count). The predicted molar refractivity (Wildman–Crippen MR) is 127 cm³/mol. The summed E-state index contributed by atoms with van der Waals surface area (Å²) >= 11 is 0. The third-order valence-electron chi connectivity index (χ3n) is 5.58. The quantitative estimate of drug-likeness (QED) is 0.149. The predicted octanol–water partition coefficient (Wildman–Crippen LogP) is 6.14. The molecule has 2 aromatic rings. The molecule has 0 spiro atoms. The highest BCUT2D eigenvalue weighted by Gasteiger charge is 2.18. The second kappa shape index (κ2) is 13.9. The Morgan fingerprint density at radius 2 is 1.55 bits per heavy atom. The third-order valence-corrected chi connectivity index (χ3v) is 5.58. The van der Waals surface area contributed by atoms with Gasteiger partial charge in [0.15, 0.2) is 0 Å². The second-order valence-electron chi connectivity index (χ2n) is 8.96. The SMILES string of the molecule is CCCCCCCCc1ccccc1OCOC(=O)CC[N+](C)(C)Cc1ccccc1. The lowest BCUT2D eigenvalue weighted by molar-refractivity contribution is -0.903. The molecular formula is C27H40NO3+. The largest absolute Gasteiger partial charge is 0.457 e. The number of ether oxygens (including phenoxy) is 2. The van der Waals surface area contributed by atoms with Crippen LogP contribution in [0.15, 0.2) is 54.6 Å². The van der Waals surface area contributed by atoms with Crippen LogP contribution in [0.2, 0.25) is 0 Å². The van der Waals surface area contributed by atoms with E-state index >= 15 is 0 Å². The van der Waals surface area contributed by atoms with E-state index in [0.29, 0.717) is 6.42 Å². The summed E-state index contributed by atoms with van der Waals surface area (Å²) in [5.74, 6) is 0.608. The van der Waals surface area contributed by atoms with E-state index in [9.17, 15) is 4.79 Å². The molecule has 170 valence electrons. The minimum absolute atomic E-state index is 0.0293. The van der Waals surface area contributed by atoms with Crippen LogP contribution in [0.4, 0.5) is 0 Å². The van der Waals surface area contributed by atoms with Crippen molar-refractivity contribution in [1.82, 2.24) is 0 Å². The molecule has 0 saturated heterocycles. The molecule has 0 bridgehead atoms. The minimum Gasteiger partial charge on any atom is -0.457 e. The number of hydrogen-bond donors (Lipinski definition) is 0. The molecule has 4 nitrogen and oxygen atoms in total. The molecule has 0 fully saturated rings. The highest BCUT2D eigenvalue weighted by Crippen LogP contribution is 2.21. The van der Waals surface area contributed by atoms with Gasteiger partial charge in [0.05, 0.1) is 27.1 Å². The maximum absolute atomic E-state index is 12.2. The number of nitrogens with zero attached hydrogens (tertiary/aromatic N) is 1. The van der Waals surface area contributed by atoms with Crippen LogP contribution in [0, 0.1) is 0 Å². The Hall–Kier alpha value is -2.33. The Kier molecular flexibility index (Phi) is 11.2. The van der Waals surface area contributed by atoms with Crippen molar-refractivity contribution >= 4 is 5.97 Å². The fraction of sp³-hybridized carbons (Fsp3) is 0.519. The summed E-state index contributed by atoms with van der Waals surface area (Å²) in [6, 6.07) is 18.4. The van der Waals surface area contributed by atoms with Crippen molar-refractivity contribution in [2.24, 2.45) is 0 Å². The molecule has 0 amide bonds. The van der Waals surface area contributed by atoms with E-state index in [0.717, 1.165) is 36.2 Å². The van der Waals surface area contributed by atoms with E-state index < -0.39 is 0 Å². The molecule has 2 aromatic carbocycles. The fourth-order valence-corrected chi connectivity index (χ4v) is 3.73. The first-order valence-corrected chi connectivity index (χ1v) is 11.7. The smallest absolute Gasteiger partial charge is 0.314 e. The van der Waals surface area contributed by atoms with Crippen molar-refractivity contribution in [3.05, 3.63) is 65.7 Å². The average Bonchev–Trinajstić information content (AvgIpc) is 2.76. The zero-order valence-corrected chi connectivity index (χ0v) is 19.6. The van der Waals surface area contributed by atoms with Crippen molar-refractivity contribution in [2.45, 2.75) is 64.8 Å². The Balaban J connectivity index is 1.68. The molecule has 0 unspecified atom stereocenters. The molecule has 4 heteroatoms. The first-order chi connectivity index (χ1) is 15.0. The Labute approximate surface area is 188 Å². The van der Waals surface area contributed by atoms with Crippen LogP contribution in [-0.2, 0) is 22.5 Å². The van der Waals surface area contributed by atoms with E-state index in [1.165, 1.54) is 43.2 Å². The molecule has 0 atom stereocenters. The normalized spacial score (nSPS) is 11.3. The number of rotatable bonds is 15. The molecular weight excluding hydrogens is 386 g/mol. The Morgan fingerprint density at radius 1 is 0.871 bits per heavy atom. The summed E-state index contributed by atoms with van der Waals surface area (Å²) in [5.41, 5.74) is 2.46. The standard InChI is InChI=1S/C27H40NO3/c1-4-5-6-7-8-12-17-25-18-13-14-19-26(25)30-23-31-27(29)20-21-28(2,3)22-24-15-10-9-11-16-24/h9-11,13-16,18-19H,4-8,12,17,20-23H2,1-3H3/q+1. The minimum atomic E-state index is -0.215. The average molecular weight is 427 g/mol. The van der Waals surface area contributed by atoms with Gasteiger partial charge in [-0.05, 0) is 24.5 Å². The Morgan fingerprint density at radius 3 is 2.32 bits per heavy atom. The number of unbranched alkanes of at least 4 members (excludes halogenated alkanes) is 5. The van der Waals surface area contributed by atoms with Gasteiger partial charge >= 0.3 is 5.97 Å². The maximum atomic E-state index is 12.2. The van der Waals surface area contributed by atoms with Gasteiger partial charge in [-0.3, -0.25) is 4.79 Å². The zero-order valence-electron chi connectivity index (χ0n) is 19.6. The molecule has 31 heavy (non-hydrogen) atoms. The van der Waals surface area contributed by atoms with Crippen LogP contribution >= 0.6 is 0 Å². The summed E-state index contributed by atoms with van der Waals surface area (Å²) in [6.07, 6.45) is 9.02. The molecule has 0 radical (unpaired) electrons. The van der Waals surface area contributed by atoms with Gasteiger partial charge in [0, 0.05) is 5.56 Å². The van der Waals surface area contributed by atoms with Gasteiger partial charge < -0.3 is 14.0 Å². The maximum Gasteiger partial charge on any atom is 0.314 e. The van der Waals surface area contributed by atoms with Crippen LogP contribution in [0.3, 0.4) is 0 Å². The van der Waals surface area contributed by atoms with E-state index in [1.54, 1.807) is 0 Å². The van der Waals surface area contributed by atoms with Gasteiger partial charge in [0.25, 0.3) is 0 Å². The van der Waals surface area contributed by atoms with Crippen molar-refractivity contribution < 1.29 is 18.8 Å². The van der Waals surface area contributed by atoms with Crippen LogP contribution in [0.5, 0.6) is 5.75 Å². The topological polar surface area (TPSA) is 35.5 Å². The monoisotopic (exact) mass is 426 g/mol. The van der Waals surface area contributed by atoms with Gasteiger partial charge in [-0.15, -0.1) is 0 Å². The first kappa shape index (κ1) is 24.9. The molecule has 0 heterocycles. The third kappa shape index (κ3) is 10.5. The summed E-state index contributed by atoms with van der Waals surface area (Å²) in [4.78, 5) is 12.2. The zero-order chi connectivity index (χ0) is 22.4. The van der Waals surface area contributed by atoms with Crippen molar-refractivity contribution in [1.29, 1.82) is 0 Å². The number of hydrogen-bond acceptors (Lipinski definition) is 3. The highest BCUT2D eigenvalue weighted by molar-refractivity contribution is 5.69. The van der Waals surface area contributed by atoms with Gasteiger partial charge in [-0.1, -0.05) is 87.6 Å². The van der Waals surface area contributed by atoms with E-state index in [1.807, 2.05) is 36.4 Å². The molecule has 0 N–H and O–H groups in total. The number of carbonyl (C=O) groups is 1. The highest BCUT2D eigenvalue weighted by atomic mass is 16.7. The summed E-state index contributed by atoms with van der Waals surface area (Å²) in [5, 5.41) is 0. The van der Waals surface area contributed by atoms with Crippen molar-refractivity contribution in [2.75, 3.05) is 27.4 Å². The van der Waals surface area contributed by atoms with Gasteiger partial charge in [0.1, 0.15) is 12.3 Å². The Bertz CT molecular complexity index is 758. The van der Waals surface area contributed by atoms with Gasteiger partial charge in [0.2, 0.25) is 6.79 Å². The number of benzene rings is 2. The summed E-state index contributed by atoms with van der Waals surface area (Å²) < 4.78 is 11.9. The van der Waals surface area contributed by atoms with Crippen molar-refractivity contribution in [3.63, 3.8) is 0 Å². The van der Waals surface area contributed by atoms with Crippen LogP contribution in [0.1, 0.15) is 63.0 Å². The molecule has 0 aromatic heterocycles. The number of esters is 1. The van der Waals surface area contributed by atoms with Crippen LogP contribution in [-0.4, -0.2) is 37.9 Å². The first-order valence-electron chi connectivity index (χ1n) is 11.7. The molecule has 0 saturated carbocycles. The number of quaternary nitrogens is 1. The lowest BCUT2D eigenvalue weighted by Gasteiger charge is -2.29. The van der Waals surface area contributed by atoms with Crippen LogP contribution < -0.4 is 4.74 Å². The van der Waals surface area contributed by atoms with Crippen LogP contribution in [0.25, 0.3) is 0 Å². The molecule has 0 aliphatic carbocycles. The van der Waals surface area contributed by atoms with Crippen molar-refractivity contribution in [3.8, 4) is 5.75 Å². The fourth-order valence-electron chi connectivity index (χ4n) is 3.73. The van der Waals surface area contributed by atoms with E-state index in [-0.39, 0.29) is 12.8 Å². The lowest BCUT2D eigenvalue weighted by Crippen LogP contribution is -2.40. The second-order valence-corrected chi connectivity index (χ2v) is 8.96. The molecule has 0 aliphatic heterocycles. The van der Waals surface area contributed by atoms with E-state index in [2.05, 4.69) is 39.2 Å². The van der Waals surface area contributed by atoms with Gasteiger partial charge in [-0.2, -0.15) is 0 Å². The summed E-state index contributed by atoms with van der Waals surface area (Å²) in [6.45, 7) is 3.82. The number of carbonyl (C=O) groups excluding carboxylic acids is 1. The van der Waals surface area contributed by atoms with Gasteiger partial charge in [-0.25, -0.2) is 0 Å². The number of aryl methyl sites for hydroxylation is 1. The number of para-hydroxylation sites is 1. The lowest BCUT2D eigenvalue weighted by atomic mass is 10.0. The van der Waals surface area contributed by atoms with E-state index in [4.69, 9.17) is 9.47 Å².